The molecule has 0 amide bonds. The van der Waals surface area contributed by atoms with Gasteiger partial charge in [0.1, 0.15) is 0 Å². The van der Waals surface area contributed by atoms with Gasteiger partial charge in [-0.25, -0.2) is 0 Å². The van der Waals surface area contributed by atoms with Crippen LogP contribution in [0.5, 0.6) is 0 Å². The standard InChI is InChI=1S/C23H41BO3Si/c1-21(2,3)28(8,9)25-17-13-16-20(19-14-11-10-12-15-19)18-24-26-22(4,5)23(6,7)27-24/h10-12,14-15,20H,13,16-18H2,1-9H3/t20-/m0/s1. The molecule has 1 atom stereocenters. The summed E-state index contributed by atoms with van der Waals surface area (Å²) in [6.45, 7) is 20.9. The molecule has 2 rings (SSSR count). The lowest BCUT2D eigenvalue weighted by Gasteiger charge is -2.36. The third kappa shape index (κ3) is 5.72. The molecular formula is C23H41BO3Si. The lowest BCUT2D eigenvalue weighted by Crippen LogP contribution is -2.41. The van der Waals surface area contributed by atoms with Crippen LogP contribution in [0.15, 0.2) is 30.3 Å². The summed E-state index contributed by atoms with van der Waals surface area (Å²) in [6, 6.07) is 10.8. The number of rotatable bonds is 8. The molecule has 0 aliphatic carbocycles. The first-order valence-electron chi connectivity index (χ1n) is 10.8. The third-order valence-corrected chi connectivity index (χ3v) is 11.6. The fourth-order valence-corrected chi connectivity index (χ4v) is 4.40. The van der Waals surface area contributed by atoms with Gasteiger partial charge in [0.25, 0.3) is 0 Å². The van der Waals surface area contributed by atoms with Gasteiger partial charge in [-0.05, 0) is 76.5 Å². The van der Waals surface area contributed by atoms with Gasteiger partial charge in [0.15, 0.2) is 8.32 Å². The van der Waals surface area contributed by atoms with Crippen molar-refractivity contribution in [3.05, 3.63) is 35.9 Å². The zero-order valence-corrected chi connectivity index (χ0v) is 20.6. The van der Waals surface area contributed by atoms with E-state index in [0.717, 1.165) is 25.8 Å². The Morgan fingerprint density at radius 1 is 1.00 bits per heavy atom. The van der Waals surface area contributed by atoms with E-state index in [1.54, 1.807) is 0 Å². The normalized spacial score (nSPS) is 20.4. The van der Waals surface area contributed by atoms with Crippen molar-refractivity contribution in [3.8, 4) is 0 Å². The molecule has 0 N–H and O–H groups in total. The first-order chi connectivity index (χ1) is 12.8. The lowest BCUT2D eigenvalue weighted by molar-refractivity contribution is 0.00578. The van der Waals surface area contributed by atoms with Crippen molar-refractivity contribution in [2.45, 2.75) is 103 Å². The van der Waals surface area contributed by atoms with E-state index in [1.807, 2.05) is 0 Å². The second kappa shape index (κ2) is 8.63. The van der Waals surface area contributed by atoms with Crippen LogP contribution in [-0.4, -0.2) is 33.2 Å². The van der Waals surface area contributed by atoms with Crippen LogP contribution in [0.3, 0.4) is 0 Å². The summed E-state index contributed by atoms with van der Waals surface area (Å²) in [5.74, 6) is 0.416. The molecule has 0 spiro atoms. The van der Waals surface area contributed by atoms with Gasteiger partial charge >= 0.3 is 7.12 Å². The van der Waals surface area contributed by atoms with Crippen LogP contribution >= 0.6 is 0 Å². The predicted molar refractivity (Wildman–Crippen MR) is 122 cm³/mol. The Balaban J connectivity index is 1.98. The van der Waals surface area contributed by atoms with Gasteiger partial charge in [-0.3, -0.25) is 0 Å². The maximum Gasteiger partial charge on any atom is 0.458 e. The minimum atomic E-state index is -1.68. The maximum atomic E-state index is 6.39. The second-order valence-corrected chi connectivity index (χ2v) is 15.6. The van der Waals surface area contributed by atoms with Gasteiger partial charge in [-0.15, -0.1) is 0 Å². The quantitative estimate of drug-likeness (QED) is 0.358. The van der Waals surface area contributed by atoms with Crippen LogP contribution < -0.4 is 0 Å². The Labute approximate surface area is 174 Å². The van der Waals surface area contributed by atoms with Crippen molar-refractivity contribution in [1.82, 2.24) is 0 Å². The van der Waals surface area contributed by atoms with Gasteiger partial charge in [0.2, 0.25) is 0 Å². The van der Waals surface area contributed by atoms with Crippen molar-refractivity contribution in [3.63, 3.8) is 0 Å². The van der Waals surface area contributed by atoms with Crippen molar-refractivity contribution in [1.29, 1.82) is 0 Å². The molecule has 28 heavy (non-hydrogen) atoms. The van der Waals surface area contributed by atoms with Crippen molar-refractivity contribution >= 4 is 15.4 Å². The van der Waals surface area contributed by atoms with Crippen LogP contribution in [0.2, 0.25) is 24.5 Å². The minimum Gasteiger partial charge on any atom is -0.417 e. The summed E-state index contributed by atoms with van der Waals surface area (Å²) < 4.78 is 18.9. The molecule has 1 aromatic rings. The van der Waals surface area contributed by atoms with Crippen LogP contribution in [-0.2, 0) is 13.7 Å². The molecule has 5 heteroatoms. The Bertz CT molecular complexity index is 606. The summed E-state index contributed by atoms with van der Waals surface area (Å²) in [7, 11) is -1.84. The summed E-state index contributed by atoms with van der Waals surface area (Å²) >= 11 is 0. The van der Waals surface area contributed by atoms with Crippen LogP contribution in [0.25, 0.3) is 0 Å². The molecule has 1 saturated heterocycles. The molecule has 0 bridgehead atoms. The molecule has 0 unspecified atom stereocenters. The largest absolute Gasteiger partial charge is 0.458 e. The average Bonchev–Trinajstić information content (AvgIpc) is 2.77. The van der Waals surface area contributed by atoms with Crippen molar-refractivity contribution in [2.24, 2.45) is 0 Å². The van der Waals surface area contributed by atoms with Gasteiger partial charge in [0.05, 0.1) is 11.2 Å². The maximum absolute atomic E-state index is 6.39. The van der Waals surface area contributed by atoms with E-state index in [4.69, 9.17) is 13.7 Å². The zero-order chi connectivity index (χ0) is 21.2. The fourth-order valence-electron chi connectivity index (χ4n) is 3.31. The first-order valence-corrected chi connectivity index (χ1v) is 13.7. The molecule has 1 fully saturated rings. The molecule has 0 radical (unpaired) electrons. The van der Waals surface area contributed by atoms with Gasteiger partial charge < -0.3 is 13.7 Å². The van der Waals surface area contributed by atoms with Crippen LogP contribution in [0.4, 0.5) is 0 Å². The lowest BCUT2D eigenvalue weighted by atomic mass is 9.73. The third-order valence-electron chi connectivity index (χ3n) is 7.02. The van der Waals surface area contributed by atoms with Crippen LogP contribution in [0.1, 0.15) is 72.8 Å². The Kier molecular flexibility index (Phi) is 7.29. The molecule has 0 aromatic heterocycles. The topological polar surface area (TPSA) is 27.7 Å². The summed E-state index contributed by atoms with van der Waals surface area (Å²) in [4.78, 5) is 0. The average molecular weight is 404 g/mol. The molecule has 0 saturated carbocycles. The molecule has 1 aliphatic heterocycles. The highest BCUT2D eigenvalue weighted by Crippen LogP contribution is 2.41. The first kappa shape index (κ1) is 23.7. The molecule has 1 heterocycles. The molecule has 3 nitrogen and oxygen atoms in total. The Hall–Kier alpha value is -0.618. The highest BCUT2D eigenvalue weighted by atomic mass is 28.4. The summed E-state index contributed by atoms with van der Waals surface area (Å²) in [5.41, 5.74) is 0.818. The van der Waals surface area contributed by atoms with Gasteiger partial charge in [0, 0.05) is 6.61 Å². The highest BCUT2D eigenvalue weighted by molar-refractivity contribution is 6.74. The van der Waals surface area contributed by atoms with E-state index < -0.39 is 8.32 Å². The predicted octanol–water partition coefficient (Wildman–Crippen LogP) is 6.66. The van der Waals surface area contributed by atoms with E-state index in [0.29, 0.717) is 5.92 Å². The molecule has 158 valence electrons. The number of hydrogen-bond acceptors (Lipinski definition) is 3. The van der Waals surface area contributed by atoms with Crippen molar-refractivity contribution < 1.29 is 13.7 Å². The van der Waals surface area contributed by atoms with E-state index in [9.17, 15) is 0 Å². The van der Waals surface area contributed by atoms with Crippen LogP contribution in [0, 0.1) is 0 Å². The van der Waals surface area contributed by atoms with E-state index in [2.05, 4.69) is 91.9 Å². The monoisotopic (exact) mass is 404 g/mol. The smallest absolute Gasteiger partial charge is 0.417 e. The second-order valence-electron chi connectivity index (χ2n) is 10.8. The summed E-state index contributed by atoms with van der Waals surface area (Å²) in [5, 5.41) is 0.258. The number of benzene rings is 1. The van der Waals surface area contributed by atoms with Crippen molar-refractivity contribution in [2.75, 3.05) is 6.61 Å². The molecule has 1 aliphatic rings. The minimum absolute atomic E-state index is 0.156. The van der Waals surface area contributed by atoms with E-state index >= 15 is 0 Å². The SMILES string of the molecule is CC1(C)OB(C[C@H](CCCO[Si](C)(C)C(C)(C)C)c2ccccc2)OC1(C)C. The highest BCUT2D eigenvalue weighted by Gasteiger charge is 2.51. The van der Waals surface area contributed by atoms with Gasteiger partial charge in [-0.2, -0.15) is 0 Å². The Morgan fingerprint density at radius 2 is 1.54 bits per heavy atom. The Morgan fingerprint density at radius 3 is 2.04 bits per heavy atom. The zero-order valence-electron chi connectivity index (χ0n) is 19.6. The fraction of sp³-hybridized carbons (Fsp3) is 0.739. The summed E-state index contributed by atoms with van der Waals surface area (Å²) in [6.07, 6.45) is 3.03. The molecule has 1 aromatic carbocycles. The van der Waals surface area contributed by atoms with Gasteiger partial charge in [-0.1, -0.05) is 51.1 Å². The van der Waals surface area contributed by atoms with E-state index in [1.165, 1.54) is 5.56 Å². The molecular weight excluding hydrogens is 363 g/mol. The number of hydrogen-bond donors (Lipinski definition) is 0. The van der Waals surface area contributed by atoms with E-state index in [-0.39, 0.29) is 23.4 Å².